The van der Waals surface area contributed by atoms with Crippen molar-refractivity contribution in [3.63, 3.8) is 0 Å². The number of hydrogen-bond donors (Lipinski definition) is 1. The van der Waals surface area contributed by atoms with Crippen molar-refractivity contribution in [2.45, 2.75) is 12.8 Å². The lowest BCUT2D eigenvalue weighted by Crippen LogP contribution is -2.17. The van der Waals surface area contributed by atoms with E-state index in [1.54, 1.807) is 7.11 Å². The van der Waals surface area contributed by atoms with Crippen LogP contribution in [0.5, 0.6) is 0 Å². The van der Waals surface area contributed by atoms with Gasteiger partial charge < -0.3 is 10.1 Å². The van der Waals surface area contributed by atoms with Crippen LogP contribution in [0.25, 0.3) is 0 Å². The predicted molar refractivity (Wildman–Crippen MR) is 39.6 cm³/mol. The summed E-state index contributed by atoms with van der Waals surface area (Å²) in [5.74, 6) is 0. The van der Waals surface area contributed by atoms with Crippen LogP contribution < -0.4 is 5.32 Å². The van der Waals surface area contributed by atoms with E-state index in [9.17, 15) is 0 Å². The molecule has 0 aliphatic carbocycles. The molecular weight excluding hydrogens is 128 g/mol. The van der Waals surface area contributed by atoms with Gasteiger partial charge in [0.1, 0.15) is 0 Å². The highest BCUT2D eigenvalue weighted by Gasteiger charge is 1.85. The number of nitriles is 1. The molecular formula is C7H14N2O. The van der Waals surface area contributed by atoms with E-state index in [-0.39, 0.29) is 0 Å². The molecule has 0 aliphatic heterocycles. The van der Waals surface area contributed by atoms with E-state index in [1.165, 1.54) is 0 Å². The van der Waals surface area contributed by atoms with Crippen molar-refractivity contribution in [2.75, 3.05) is 26.8 Å². The normalized spacial score (nSPS) is 9.20. The summed E-state index contributed by atoms with van der Waals surface area (Å²) in [7, 11) is 1.69. The van der Waals surface area contributed by atoms with E-state index in [0.717, 1.165) is 26.1 Å². The van der Waals surface area contributed by atoms with Crippen molar-refractivity contribution in [3.05, 3.63) is 0 Å². The molecule has 0 atom stereocenters. The zero-order chi connectivity index (χ0) is 7.66. The fraction of sp³-hybridized carbons (Fsp3) is 0.857. The first-order valence-electron chi connectivity index (χ1n) is 3.48. The van der Waals surface area contributed by atoms with Crippen molar-refractivity contribution >= 4 is 0 Å². The molecule has 0 aromatic carbocycles. The maximum atomic E-state index is 8.15. The molecule has 0 radical (unpaired) electrons. The summed E-state index contributed by atoms with van der Waals surface area (Å²) in [6.45, 7) is 2.52. The molecule has 1 N–H and O–H groups in total. The minimum atomic E-state index is 0.590. The van der Waals surface area contributed by atoms with Gasteiger partial charge in [0.05, 0.1) is 6.07 Å². The third-order valence-electron chi connectivity index (χ3n) is 1.12. The first kappa shape index (κ1) is 9.41. The number of ether oxygens (including phenoxy) is 1. The van der Waals surface area contributed by atoms with Crippen LogP contribution in [0.15, 0.2) is 0 Å². The monoisotopic (exact) mass is 142 g/mol. The predicted octanol–water partition coefficient (Wildman–Crippen LogP) is 0.526. The summed E-state index contributed by atoms with van der Waals surface area (Å²) >= 11 is 0. The van der Waals surface area contributed by atoms with E-state index in [0.29, 0.717) is 6.42 Å². The number of methoxy groups -OCH3 is 1. The standard InChI is InChI=1S/C7H14N2O/c1-10-7-3-6-9-5-2-4-8/h9H,2-3,5-7H2,1H3. The molecule has 0 aromatic rings. The summed E-state index contributed by atoms with van der Waals surface area (Å²) in [5.41, 5.74) is 0. The molecule has 58 valence electrons. The minimum absolute atomic E-state index is 0.590. The average Bonchev–Trinajstić information content (AvgIpc) is 1.97. The minimum Gasteiger partial charge on any atom is -0.385 e. The molecule has 3 heteroatoms. The molecule has 0 spiro atoms. The van der Waals surface area contributed by atoms with Gasteiger partial charge >= 0.3 is 0 Å². The molecule has 0 heterocycles. The first-order valence-corrected chi connectivity index (χ1v) is 3.48. The fourth-order valence-electron chi connectivity index (χ4n) is 0.611. The van der Waals surface area contributed by atoms with Gasteiger partial charge in [-0.05, 0) is 13.0 Å². The van der Waals surface area contributed by atoms with Gasteiger partial charge in [0.2, 0.25) is 0 Å². The van der Waals surface area contributed by atoms with Gasteiger partial charge in [-0.25, -0.2) is 0 Å². The van der Waals surface area contributed by atoms with Gasteiger partial charge in [0.25, 0.3) is 0 Å². The molecule has 0 saturated carbocycles. The highest BCUT2D eigenvalue weighted by Crippen LogP contribution is 1.77. The van der Waals surface area contributed by atoms with Gasteiger partial charge in [0, 0.05) is 26.7 Å². The van der Waals surface area contributed by atoms with E-state index < -0.39 is 0 Å². The van der Waals surface area contributed by atoms with Crippen LogP contribution >= 0.6 is 0 Å². The quantitative estimate of drug-likeness (QED) is 0.550. The third-order valence-corrected chi connectivity index (χ3v) is 1.12. The smallest absolute Gasteiger partial charge is 0.0635 e. The number of nitrogens with one attached hydrogen (secondary N) is 1. The molecule has 0 unspecified atom stereocenters. The van der Waals surface area contributed by atoms with E-state index in [1.807, 2.05) is 0 Å². The molecule has 3 nitrogen and oxygen atoms in total. The first-order chi connectivity index (χ1) is 4.91. The Balaban J connectivity index is 2.72. The van der Waals surface area contributed by atoms with Crippen LogP contribution in [0.2, 0.25) is 0 Å². The van der Waals surface area contributed by atoms with Crippen molar-refractivity contribution < 1.29 is 4.74 Å². The third kappa shape index (κ3) is 7.41. The van der Waals surface area contributed by atoms with Crippen LogP contribution in [0.4, 0.5) is 0 Å². The van der Waals surface area contributed by atoms with Crippen LogP contribution in [0.1, 0.15) is 12.8 Å². The van der Waals surface area contributed by atoms with Gasteiger partial charge in [-0.15, -0.1) is 0 Å². The van der Waals surface area contributed by atoms with Crippen LogP contribution in [0.3, 0.4) is 0 Å². The second-order valence-electron chi connectivity index (χ2n) is 2.00. The molecule has 0 rings (SSSR count). The van der Waals surface area contributed by atoms with Gasteiger partial charge in [-0.3, -0.25) is 0 Å². The topological polar surface area (TPSA) is 45.0 Å². The highest BCUT2D eigenvalue weighted by molar-refractivity contribution is 4.69. The van der Waals surface area contributed by atoms with E-state index >= 15 is 0 Å². The summed E-state index contributed by atoms with van der Waals surface area (Å²) in [6.07, 6.45) is 1.61. The number of rotatable bonds is 6. The zero-order valence-electron chi connectivity index (χ0n) is 6.39. The second kappa shape index (κ2) is 8.41. The van der Waals surface area contributed by atoms with Crippen LogP contribution in [0, 0.1) is 11.3 Å². The largest absolute Gasteiger partial charge is 0.385 e. The van der Waals surface area contributed by atoms with Crippen LogP contribution in [-0.4, -0.2) is 26.8 Å². The summed E-state index contributed by atoms with van der Waals surface area (Å²) in [4.78, 5) is 0. The molecule has 10 heavy (non-hydrogen) atoms. The van der Waals surface area contributed by atoms with Gasteiger partial charge in [-0.2, -0.15) is 5.26 Å². The fourth-order valence-corrected chi connectivity index (χ4v) is 0.611. The lowest BCUT2D eigenvalue weighted by molar-refractivity contribution is 0.194. The number of hydrogen-bond acceptors (Lipinski definition) is 3. The molecule has 0 aliphatic rings. The van der Waals surface area contributed by atoms with Crippen molar-refractivity contribution in [2.24, 2.45) is 0 Å². The Hall–Kier alpha value is -0.590. The lowest BCUT2D eigenvalue weighted by atomic mass is 10.4. The van der Waals surface area contributed by atoms with Crippen molar-refractivity contribution in [1.29, 1.82) is 5.26 Å². The molecule has 0 aromatic heterocycles. The number of nitrogens with zero attached hydrogens (tertiary/aromatic N) is 1. The highest BCUT2D eigenvalue weighted by atomic mass is 16.5. The maximum absolute atomic E-state index is 8.15. The Labute approximate surface area is 62.0 Å². The SMILES string of the molecule is COCCCNCCC#N. The Morgan fingerprint density at radius 1 is 1.50 bits per heavy atom. The molecule has 0 fully saturated rings. The lowest BCUT2D eigenvalue weighted by Gasteiger charge is -1.99. The zero-order valence-corrected chi connectivity index (χ0v) is 6.39. The average molecular weight is 142 g/mol. The summed E-state index contributed by atoms with van der Waals surface area (Å²) in [5, 5.41) is 11.3. The summed E-state index contributed by atoms with van der Waals surface area (Å²) < 4.78 is 4.84. The van der Waals surface area contributed by atoms with Gasteiger partial charge in [0.15, 0.2) is 0 Å². The van der Waals surface area contributed by atoms with Crippen LogP contribution in [-0.2, 0) is 4.74 Å². The van der Waals surface area contributed by atoms with Gasteiger partial charge in [-0.1, -0.05) is 0 Å². The Kier molecular flexibility index (Phi) is 7.91. The van der Waals surface area contributed by atoms with E-state index in [4.69, 9.17) is 10.00 Å². The molecule has 0 amide bonds. The Bertz CT molecular complexity index is 98.3. The second-order valence-corrected chi connectivity index (χ2v) is 2.00. The van der Waals surface area contributed by atoms with E-state index in [2.05, 4.69) is 11.4 Å². The maximum Gasteiger partial charge on any atom is 0.0635 e. The van der Waals surface area contributed by atoms with Crippen molar-refractivity contribution in [3.8, 4) is 6.07 Å². The Morgan fingerprint density at radius 2 is 2.30 bits per heavy atom. The molecule has 0 saturated heterocycles. The Morgan fingerprint density at radius 3 is 2.90 bits per heavy atom. The summed E-state index contributed by atoms with van der Waals surface area (Å²) in [6, 6.07) is 2.06. The molecule has 0 bridgehead atoms. The van der Waals surface area contributed by atoms with Crippen molar-refractivity contribution in [1.82, 2.24) is 5.32 Å².